The van der Waals surface area contributed by atoms with Crippen molar-refractivity contribution in [1.29, 1.82) is 0 Å². The second kappa shape index (κ2) is 8.71. The summed E-state index contributed by atoms with van der Waals surface area (Å²) in [6, 6.07) is 0.746. The number of primary amides is 1. The van der Waals surface area contributed by atoms with Crippen molar-refractivity contribution in [3.8, 4) is 5.75 Å². The molecule has 0 fully saturated rings. The quantitative estimate of drug-likeness (QED) is 0.507. The topological polar surface area (TPSA) is 136 Å². The molecule has 8 nitrogen and oxygen atoms in total. The van der Waals surface area contributed by atoms with Crippen LogP contribution < -0.4 is 15.8 Å². The van der Waals surface area contributed by atoms with E-state index in [0.29, 0.717) is 11.3 Å². The number of halogens is 3. The molecule has 13 heteroatoms. The second-order valence-electron chi connectivity index (χ2n) is 7.58. The van der Waals surface area contributed by atoms with Crippen molar-refractivity contribution in [2.24, 2.45) is 5.73 Å². The number of carbonyl (C=O) groups excluding carboxylic acids is 2. The molecule has 2 rings (SSSR count). The number of hydrogen-bond acceptors (Lipinski definition) is 7. The number of nitrogens with two attached hydrogens (primary N) is 1. The minimum absolute atomic E-state index is 0.303. The molecule has 0 unspecified atom stereocenters. The van der Waals surface area contributed by atoms with E-state index in [1.807, 2.05) is 0 Å². The maximum Gasteiger partial charge on any atom is 0.256 e. The third-order valence-corrected chi connectivity index (χ3v) is 7.53. The normalized spacial score (nSPS) is 12.2. The highest BCUT2D eigenvalue weighted by molar-refractivity contribution is 7.93. The monoisotopic (exact) mass is 494 g/mol. The molecule has 0 atom stereocenters. The Hall–Kier alpha value is -2.64. The maximum absolute atomic E-state index is 14.8. The lowest BCUT2D eigenvalue weighted by molar-refractivity contribution is -0.130. The Morgan fingerprint density at radius 1 is 1.19 bits per heavy atom. The van der Waals surface area contributed by atoms with E-state index in [0.717, 1.165) is 26.8 Å². The van der Waals surface area contributed by atoms with Gasteiger partial charge in [-0.25, -0.2) is 17.2 Å². The van der Waals surface area contributed by atoms with Gasteiger partial charge in [-0.1, -0.05) is 0 Å². The summed E-state index contributed by atoms with van der Waals surface area (Å²) in [5.41, 5.74) is 2.13. The Bertz CT molecular complexity index is 1170. The van der Waals surface area contributed by atoms with Gasteiger partial charge in [-0.05, 0) is 40.7 Å². The molecule has 1 aromatic carbocycles. The lowest BCUT2D eigenvalue weighted by Gasteiger charge is -2.16. The summed E-state index contributed by atoms with van der Waals surface area (Å²) in [5.74, 6) is -8.28. The van der Waals surface area contributed by atoms with Gasteiger partial charge in [0.25, 0.3) is 11.8 Å². The van der Waals surface area contributed by atoms with Crippen LogP contribution in [-0.2, 0) is 14.6 Å². The van der Waals surface area contributed by atoms with Gasteiger partial charge in [0.1, 0.15) is 19.7 Å². The second-order valence-corrected chi connectivity index (χ2v) is 10.7. The van der Waals surface area contributed by atoms with Crippen LogP contribution in [-0.4, -0.2) is 37.0 Å². The number of carbonyl (C=O) groups is 2. The van der Waals surface area contributed by atoms with Gasteiger partial charge in [0.15, 0.2) is 17.4 Å². The SMILES string of the molecule is Cc1c(F)c(OC(C)C)c(F)c(F)c1S(=O)(=O)c1cc(C(N)=O)c(NC(=O)C(C)(C)O)s1. The van der Waals surface area contributed by atoms with Crippen molar-refractivity contribution in [1.82, 2.24) is 0 Å². The Morgan fingerprint density at radius 2 is 1.75 bits per heavy atom. The van der Waals surface area contributed by atoms with E-state index in [1.54, 1.807) is 0 Å². The van der Waals surface area contributed by atoms with Gasteiger partial charge in [0.05, 0.1) is 11.7 Å². The summed E-state index contributed by atoms with van der Waals surface area (Å²) >= 11 is 0.303. The number of ether oxygens (including phenoxy) is 1. The molecule has 0 aliphatic heterocycles. The van der Waals surface area contributed by atoms with Gasteiger partial charge in [-0.2, -0.15) is 4.39 Å². The molecule has 4 N–H and O–H groups in total. The van der Waals surface area contributed by atoms with Crippen molar-refractivity contribution >= 4 is 38.0 Å². The van der Waals surface area contributed by atoms with E-state index in [-0.39, 0.29) is 5.00 Å². The lowest BCUT2D eigenvalue weighted by atomic mass is 10.1. The minimum Gasteiger partial charge on any atom is -0.485 e. The molecule has 0 aliphatic carbocycles. The summed E-state index contributed by atoms with van der Waals surface area (Å²) in [7, 11) is -4.91. The first-order valence-electron chi connectivity index (χ1n) is 9.06. The number of aliphatic hydroxyl groups is 1. The van der Waals surface area contributed by atoms with Gasteiger partial charge < -0.3 is 20.9 Å². The van der Waals surface area contributed by atoms with Crippen molar-refractivity contribution in [3.63, 3.8) is 0 Å². The molecular formula is C19H21F3N2O6S2. The van der Waals surface area contributed by atoms with Crippen molar-refractivity contribution < 1.29 is 41.0 Å². The van der Waals surface area contributed by atoms with Gasteiger partial charge in [0, 0.05) is 5.56 Å². The van der Waals surface area contributed by atoms with E-state index < -0.39 is 76.8 Å². The van der Waals surface area contributed by atoms with Crippen LogP contribution in [0, 0.1) is 24.4 Å². The van der Waals surface area contributed by atoms with Gasteiger partial charge in [-0.15, -0.1) is 11.3 Å². The number of nitrogens with one attached hydrogen (secondary N) is 1. The number of hydrogen-bond donors (Lipinski definition) is 3. The van der Waals surface area contributed by atoms with Crippen LogP contribution in [0.3, 0.4) is 0 Å². The molecule has 2 amide bonds. The first-order chi connectivity index (χ1) is 14.5. The van der Waals surface area contributed by atoms with E-state index >= 15 is 0 Å². The van der Waals surface area contributed by atoms with E-state index in [1.165, 1.54) is 13.8 Å². The summed E-state index contributed by atoms with van der Waals surface area (Å²) in [5, 5.41) is 11.6. The largest absolute Gasteiger partial charge is 0.485 e. The highest BCUT2D eigenvalue weighted by Crippen LogP contribution is 2.40. The first kappa shape index (κ1) is 25.6. The van der Waals surface area contributed by atoms with Crippen molar-refractivity contribution in [3.05, 3.63) is 34.6 Å². The molecule has 176 valence electrons. The first-order valence-corrected chi connectivity index (χ1v) is 11.4. The molecule has 0 spiro atoms. The van der Waals surface area contributed by atoms with Gasteiger partial charge in [-0.3, -0.25) is 9.59 Å². The van der Waals surface area contributed by atoms with Crippen LogP contribution in [0.15, 0.2) is 15.2 Å². The molecule has 0 bridgehead atoms. The van der Waals surface area contributed by atoms with Crippen LogP contribution in [0.5, 0.6) is 5.75 Å². The predicted octanol–water partition coefficient (Wildman–Crippen LogP) is 2.90. The van der Waals surface area contributed by atoms with Gasteiger partial charge in [0.2, 0.25) is 15.7 Å². The molecule has 0 saturated heterocycles. The smallest absolute Gasteiger partial charge is 0.256 e. The molecule has 32 heavy (non-hydrogen) atoms. The minimum atomic E-state index is -4.91. The summed E-state index contributed by atoms with van der Waals surface area (Å²) in [6.45, 7) is 6.09. The Morgan fingerprint density at radius 3 is 2.22 bits per heavy atom. The van der Waals surface area contributed by atoms with Crippen molar-refractivity contribution in [2.45, 2.75) is 55.4 Å². The molecule has 1 heterocycles. The zero-order valence-electron chi connectivity index (χ0n) is 17.7. The highest BCUT2D eigenvalue weighted by atomic mass is 32.2. The summed E-state index contributed by atoms with van der Waals surface area (Å²) in [6.07, 6.45) is -0.724. The van der Waals surface area contributed by atoms with E-state index in [4.69, 9.17) is 10.5 Å². The number of benzene rings is 1. The van der Waals surface area contributed by atoms with Crippen LogP contribution in [0.4, 0.5) is 18.2 Å². The van der Waals surface area contributed by atoms with Gasteiger partial charge >= 0.3 is 0 Å². The van der Waals surface area contributed by atoms with Crippen LogP contribution in [0.25, 0.3) is 0 Å². The fraction of sp³-hybridized carbons (Fsp3) is 0.368. The lowest BCUT2D eigenvalue weighted by Crippen LogP contribution is -2.36. The van der Waals surface area contributed by atoms with E-state index in [9.17, 15) is 36.3 Å². The zero-order chi connectivity index (χ0) is 24.8. The maximum atomic E-state index is 14.8. The Labute approximate surface area is 186 Å². The molecule has 1 aromatic heterocycles. The molecule has 2 aromatic rings. The van der Waals surface area contributed by atoms with Crippen LogP contribution in [0.2, 0.25) is 0 Å². The number of amides is 2. The predicted molar refractivity (Wildman–Crippen MR) is 110 cm³/mol. The van der Waals surface area contributed by atoms with E-state index in [2.05, 4.69) is 5.32 Å². The third kappa shape index (κ3) is 4.74. The summed E-state index contributed by atoms with van der Waals surface area (Å²) < 4.78 is 74.3. The Balaban J connectivity index is 2.71. The third-order valence-electron chi connectivity index (χ3n) is 4.11. The zero-order valence-corrected chi connectivity index (χ0v) is 19.3. The Kier molecular flexibility index (Phi) is 6.98. The molecular weight excluding hydrogens is 473 g/mol. The summed E-state index contributed by atoms with van der Waals surface area (Å²) in [4.78, 5) is 22.5. The highest BCUT2D eigenvalue weighted by Gasteiger charge is 2.35. The number of sulfone groups is 1. The molecule has 0 aliphatic rings. The standard InChI is InChI=1S/C19H21F3N2O6S2/c1-7(2)30-14-11(20)8(3)15(13(22)12(14)21)32(28,29)10-6-9(16(23)25)17(31-10)24-18(26)19(4,5)27/h6-7,27H,1-5H3,(H2,23,25)(H,24,26). The molecule has 0 radical (unpaired) electrons. The fourth-order valence-electron chi connectivity index (χ4n) is 2.52. The number of thiophene rings is 1. The average Bonchev–Trinajstić information content (AvgIpc) is 3.07. The fourth-order valence-corrected chi connectivity index (χ4v) is 5.54. The molecule has 0 saturated carbocycles. The van der Waals surface area contributed by atoms with Crippen molar-refractivity contribution in [2.75, 3.05) is 5.32 Å². The number of anilines is 1. The average molecular weight is 495 g/mol. The van der Waals surface area contributed by atoms with Crippen LogP contribution >= 0.6 is 11.3 Å². The number of rotatable bonds is 7. The van der Waals surface area contributed by atoms with Crippen LogP contribution in [0.1, 0.15) is 43.6 Å².